The summed E-state index contributed by atoms with van der Waals surface area (Å²) < 4.78 is 7.46. The van der Waals surface area contributed by atoms with Gasteiger partial charge in [-0.3, -0.25) is 4.79 Å². The molecule has 0 unspecified atom stereocenters. The van der Waals surface area contributed by atoms with Crippen molar-refractivity contribution in [2.24, 2.45) is 0 Å². The maximum atomic E-state index is 12.1. The van der Waals surface area contributed by atoms with Gasteiger partial charge in [-0.05, 0) is 45.7 Å². The third-order valence-electron chi connectivity index (χ3n) is 4.15. The fraction of sp³-hybridized carbons (Fsp3) is 0.529. The molecule has 124 valence electrons. The number of likely N-dealkylation sites (tertiary alicyclic amines) is 1. The van der Waals surface area contributed by atoms with E-state index in [4.69, 9.17) is 4.74 Å². The van der Waals surface area contributed by atoms with Crippen molar-refractivity contribution >= 4 is 17.0 Å². The number of H-pyrrole nitrogens is 1. The van der Waals surface area contributed by atoms with Gasteiger partial charge < -0.3 is 19.2 Å². The number of carbonyl (C=O) groups is 1. The molecule has 23 heavy (non-hydrogen) atoms. The van der Waals surface area contributed by atoms with E-state index in [2.05, 4.69) is 4.98 Å². The van der Waals surface area contributed by atoms with Crippen molar-refractivity contribution in [3.05, 3.63) is 34.9 Å². The van der Waals surface area contributed by atoms with Crippen LogP contribution in [0.4, 0.5) is 4.79 Å². The molecule has 3 rings (SSSR count). The molecule has 1 amide bonds. The second-order valence-electron chi connectivity index (χ2n) is 7.03. The largest absolute Gasteiger partial charge is 0.444 e. The first kappa shape index (κ1) is 15.6. The Hall–Kier alpha value is -2.24. The summed E-state index contributed by atoms with van der Waals surface area (Å²) in [6, 6.07) is 4.10. The van der Waals surface area contributed by atoms with Gasteiger partial charge in [0.2, 0.25) is 0 Å². The van der Waals surface area contributed by atoms with Crippen molar-refractivity contribution in [2.45, 2.75) is 45.3 Å². The molecule has 6 heteroatoms. The van der Waals surface area contributed by atoms with E-state index in [1.165, 1.54) is 0 Å². The molecule has 3 heterocycles. The van der Waals surface area contributed by atoms with Crippen molar-refractivity contribution in [3.63, 3.8) is 0 Å². The zero-order valence-electron chi connectivity index (χ0n) is 13.8. The van der Waals surface area contributed by atoms with Crippen molar-refractivity contribution in [2.75, 3.05) is 13.1 Å². The van der Waals surface area contributed by atoms with Gasteiger partial charge in [0.15, 0.2) is 0 Å². The number of rotatable bonds is 1. The third kappa shape index (κ3) is 3.25. The van der Waals surface area contributed by atoms with E-state index >= 15 is 0 Å². The summed E-state index contributed by atoms with van der Waals surface area (Å²) in [5.41, 5.74) is 0.169. The summed E-state index contributed by atoms with van der Waals surface area (Å²) in [7, 11) is 0. The number of ether oxygens (including phenoxy) is 1. The average molecular weight is 317 g/mol. The highest BCUT2D eigenvalue weighted by molar-refractivity contribution is 5.79. The fourth-order valence-corrected chi connectivity index (χ4v) is 3.08. The summed E-state index contributed by atoms with van der Waals surface area (Å²) in [6.07, 6.45) is 5.01. The Balaban J connectivity index is 1.71. The Labute approximate surface area is 135 Å². The SMILES string of the molecule is CC(C)(C)OC(=O)N1CCC(n2ccc3cc[nH]c(=O)c32)CC1. The van der Waals surface area contributed by atoms with Crippen LogP contribution >= 0.6 is 0 Å². The number of amides is 1. The van der Waals surface area contributed by atoms with Gasteiger partial charge in [-0.2, -0.15) is 0 Å². The molecule has 2 aromatic rings. The molecule has 0 aliphatic carbocycles. The Kier molecular flexibility index (Phi) is 3.92. The number of aromatic nitrogens is 2. The smallest absolute Gasteiger partial charge is 0.410 e. The zero-order valence-corrected chi connectivity index (χ0v) is 13.8. The molecule has 1 N–H and O–H groups in total. The van der Waals surface area contributed by atoms with Gasteiger partial charge in [0.05, 0.1) is 0 Å². The maximum absolute atomic E-state index is 12.1. The minimum atomic E-state index is -0.474. The van der Waals surface area contributed by atoms with E-state index in [1.807, 2.05) is 43.7 Å². The van der Waals surface area contributed by atoms with Crippen LogP contribution in [-0.4, -0.2) is 39.2 Å². The number of carbonyl (C=O) groups excluding carboxylic acids is 1. The van der Waals surface area contributed by atoms with Gasteiger partial charge in [-0.1, -0.05) is 0 Å². The van der Waals surface area contributed by atoms with Crippen LogP contribution in [0, 0.1) is 0 Å². The van der Waals surface area contributed by atoms with Crippen LogP contribution in [0.2, 0.25) is 0 Å². The number of nitrogens with one attached hydrogen (secondary N) is 1. The van der Waals surface area contributed by atoms with Gasteiger partial charge in [-0.15, -0.1) is 0 Å². The van der Waals surface area contributed by atoms with Gasteiger partial charge in [-0.25, -0.2) is 4.79 Å². The number of hydrogen-bond donors (Lipinski definition) is 1. The van der Waals surface area contributed by atoms with Crippen molar-refractivity contribution < 1.29 is 9.53 Å². The summed E-state index contributed by atoms with van der Waals surface area (Å²) in [5.74, 6) is 0. The third-order valence-corrected chi connectivity index (χ3v) is 4.15. The Bertz CT molecular complexity index is 761. The molecule has 0 bridgehead atoms. The molecule has 0 saturated carbocycles. The molecule has 2 aromatic heterocycles. The molecule has 0 radical (unpaired) electrons. The number of piperidine rings is 1. The van der Waals surface area contributed by atoms with E-state index in [9.17, 15) is 9.59 Å². The molecule has 1 aliphatic rings. The van der Waals surface area contributed by atoms with Crippen LogP contribution in [0.1, 0.15) is 39.7 Å². The number of nitrogens with zero attached hydrogens (tertiary/aromatic N) is 2. The van der Waals surface area contributed by atoms with Crippen LogP contribution in [0.5, 0.6) is 0 Å². The topological polar surface area (TPSA) is 67.3 Å². The molecule has 1 saturated heterocycles. The van der Waals surface area contributed by atoms with Gasteiger partial charge in [0.1, 0.15) is 11.1 Å². The summed E-state index contributed by atoms with van der Waals surface area (Å²) >= 11 is 0. The number of aromatic amines is 1. The lowest BCUT2D eigenvalue weighted by Crippen LogP contribution is -2.42. The highest BCUT2D eigenvalue weighted by atomic mass is 16.6. The Morgan fingerprint density at radius 2 is 1.96 bits per heavy atom. The number of fused-ring (bicyclic) bond motifs is 1. The minimum absolute atomic E-state index is 0.0675. The lowest BCUT2D eigenvalue weighted by atomic mass is 10.1. The van der Waals surface area contributed by atoms with Crippen LogP contribution in [0.15, 0.2) is 29.3 Å². The molecule has 0 spiro atoms. The molecular weight excluding hydrogens is 294 g/mol. The Morgan fingerprint density at radius 3 is 2.61 bits per heavy atom. The standard InChI is InChI=1S/C17H23N3O3/c1-17(2,3)23-16(22)19-9-6-13(7-10-19)20-11-5-12-4-8-18-15(21)14(12)20/h4-5,8,11,13H,6-7,9-10H2,1-3H3,(H,18,21). The lowest BCUT2D eigenvalue weighted by molar-refractivity contribution is 0.0189. The highest BCUT2D eigenvalue weighted by Crippen LogP contribution is 2.27. The highest BCUT2D eigenvalue weighted by Gasteiger charge is 2.28. The van der Waals surface area contributed by atoms with E-state index in [-0.39, 0.29) is 17.7 Å². The molecule has 0 atom stereocenters. The molecule has 6 nitrogen and oxygen atoms in total. The summed E-state index contributed by atoms with van der Waals surface area (Å²) in [6.45, 7) is 6.90. The number of hydrogen-bond acceptors (Lipinski definition) is 3. The van der Waals surface area contributed by atoms with Crippen molar-refractivity contribution in [1.29, 1.82) is 0 Å². The zero-order chi connectivity index (χ0) is 16.6. The van der Waals surface area contributed by atoms with Gasteiger partial charge in [0.25, 0.3) is 5.56 Å². The fourth-order valence-electron chi connectivity index (χ4n) is 3.08. The average Bonchev–Trinajstić information content (AvgIpc) is 2.91. The predicted octanol–water partition coefficient (Wildman–Crippen LogP) is 2.90. The van der Waals surface area contributed by atoms with E-state index in [0.717, 1.165) is 18.2 Å². The van der Waals surface area contributed by atoms with Gasteiger partial charge >= 0.3 is 6.09 Å². The lowest BCUT2D eigenvalue weighted by Gasteiger charge is -2.34. The normalized spacial score (nSPS) is 16.7. The first-order chi connectivity index (χ1) is 10.8. The van der Waals surface area contributed by atoms with Crippen LogP contribution in [0.25, 0.3) is 10.9 Å². The van der Waals surface area contributed by atoms with Crippen LogP contribution < -0.4 is 5.56 Å². The second kappa shape index (κ2) is 5.76. The van der Waals surface area contributed by atoms with Crippen molar-refractivity contribution in [1.82, 2.24) is 14.5 Å². The minimum Gasteiger partial charge on any atom is -0.444 e. The molecule has 1 fully saturated rings. The summed E-state index contributed by atoms with van der Waals surface area (Å²) in [4.78, 5) is 28.7. The monoisotopic (exact) mass is 317 g/mol. The molecule has 1 aliphatic heterocycles. The van der Waals surface area contributed by atoms with Crippen LogP contribution in [-0.2, 0) is 4.74 Å². The first-order valence-corrected chi connectivity index (χ1v) is 8.01. The van der Waals surface area contributed by atoms with Crippen molar-refractivity contribution in [3.8, 4) is 0 Å². The van der Waals surface area contributed by atoms with E-state index < -0.39 is 5.60 Å². The predicted molar refractivity (Wildman–Crippen MR) is 88.6 cm³/mol. The maximum Gasteiger partial charge on any atom is 0.410 e. The van der Waals surface area contributed by atoms with E-state index in [1.54, 1.807) is 11.1 Å². The quantitative estimate of drug-likeness (QED) is 0.879. The molecule has 0 aromatic carbocycles. The first-order valence-electron chi connectivity index (χ1n) is 8.01. The van der Waals surface area contributed by atoms with Crippen LogP contribution in [0.3, 0.4) is 0 Å². The second-order valence-corrected chi connectivity index (χ2v) is 7.03. The van der Waals surface area contributed by atoms with Gasteiger partial charge in [0, 0.05) is 36.9 Å². The van der Waals surface area contributed by atoms with E-state index in [0.29, 0.717) is 18.6 Å². The molecular formula is C17H23N3O3. The number of pyridine rings is 1. The summed E-state index contributed by atoms with van der Waals surface area (Å²) in [5, 5.41) is 0.948. The Morgan fingerprint density at radius 1 is 1.26 bits per heavy atom.